The molecule has 1 aliphatic rings. The second-order valence-electron chi connectivity index (χ2n) is 3.69. The number of nitrogens with two attached hydrogens (primary N) is 1. The maximum atomic E-state index is 11.4. The van der Waals surface area contributed by atoms with Gasteiger partial charge in [-0.25, -0.2) is 0 Å². The summed E-state index contributed by atoms with van der Waals surface area (Å²) in [4.78, 5) is 13.2. The first kappa shape index (κ1) is 11.5. The molecule has 1 saturated heterocycles. The van der Waals surface area contributed by atoms with Crippen LogP contribution in [-0.2, 0) is 9.53 Å². The number of unbranched alkanes of at least 4 members (excludes halogenated alkanes) is 1. The van der Waals surface area contributed by atoms with E-state index in [-0.39, 0.29) is 11.9 Å². The van der Waals surface area contributed by atoms with E-state index in [1.807, 2.05) is 0 Å². The molecule has 0 aromatic rings. The highest BCUT2D eigenvalue weighted by Gasteiger charge is 2.27. The van der Waals surface area contributed by atoms with Gasteiger partial charge in [-0.15, -0.1) is 0 Å². The van der Waals surface area contributed by atoms with Crippen molar-refractivity contribution in [1.82, 2.24) is 4.90 Å². The number of nitrogens with zero attached hydrogens (tertiary/aromatic N) is 1. The Balaban J connectivity index is 2.04. The van der Waals surface area contributed by atoms with Gasteiger partial charge in [-0.3, -0.25) is 4.79 Å². The second kappa shape index (κ2) is 5.98. The number of carbonyl (C=O) groups is 1. The van der Waals surface area contributed by atoms with Gasteiger partial charge in [-0.05, 0) is 12.8 Å². The summed E-state index contributed by atoms with van der Waals surface area (Å²) in [5.74, 6) is 0.0732. The number of likely N-dealkylation sites (tertiary alicyclic amines) is 1. The predicted octanol–water partition coefficient (Wildman–Crippen LogP) is 0.363. The first-order valence-corrected chi connectivity index (χ1v) is 5.37. The van der Waals surface area contributed by atoms with E-state index >= 15 is 0 Å². The van der Waals surface area contributed by atoms with Crippen LogP contribution >= 0.6 is 0 Å². The van der Waals surface area contributed by atoms with Crippen LogP contribution in [0.25, 0.3) is 0 Å². The maximum Gasteiger partial charge on any atom is 0.239 e. The van der Waals surface area contributed by atoms with Gasteiger partial charge in [0.25, 0.3) is 0 Å². The lowest BCUT2D eigenvalue weighted by Crippen LogP contribution is -2.35. The molecule has 2 N–H and O–H groups in total. The number of rotatable bonds is 6. The highest BCUT2D eigenvalue weighted by Crippen LogP contribution is 2.07. The van der Waals surface area contributed by atoms with Crippen LogP contribution in [0.5, 0.6) is 0 Å². The zero-order valence-corrected chi connectivity index (χ0v) is 8.87. The smallest absolute Gasteiger partial charge is 0.239 e. The predicted molar refractivity (Wildman–Crippen MR) is 54.9 cm³/mol. The van der Waals surface area contributed by atoms with E-state index in [2.05, 4.69) is 6.92 Å². The summed E-state index contributed by atoms with van der Waals surface area (Å²) in [6.07, 6.45) is 3.02. The Morgan fingerprint density at radius 2 is 2.36 bits per heavy atom. The molecule has 0 aromatic carbocycles. The minimum absolute atomic E-state index is 0.0732. The fraction of sp³-hybridized carbons (Fsp3) is 0.900. The molecule has 0 radical (unpaired) electrons. The molecule has 14 heavy (non-hydrogen) atoms. The van der Waals surface area contributed by atoms with E-state index in [4.69, 9.17) is 10.5 Å². The van der Waals surface area contributed by atoms with Crippen molar-refractivity contribution in [2.24, 2.45) is 5.73 Å². The van der Waals surface area contributed by atoms with Crippen LogP contribution in [0.3, 0.4) is 0 Å². The van der Waals surface area contributed by atoms with Gasteiger partial charge in [0, 0.05) is 19.7 Å². The van der Waals surface area contributed by atoms with Crippen LogP contribution < -0.4 is 5.73 Å². The highest BCUT2D eigenvalue weighted by molar-refractivity contribution is 5.83. The lowest BCUT2D eigenvalue weighted by molar-refractivity contribution is -0.129. The molecular formula is C10H20N2O2. The molecule has 82 valence electrons. The van der Waals surface area contributed by atoms with Gasteiger partial charge >= 0.3 is 0 Å². The Bertz CT molecular complexity index is 185. The molecule has 4 nitrogen and oxygen atoms in total. The number of hydrogen-bond donors (Lipinski definition) is 1. The van der Waals surface area contributed by atoms with E-state index < -0.39 is 0 Å². The van der Waals surface area contributed by atoms with Crippen molar-refractivity contribution in [3.05, 3.63) is 0 Å². The quantitative estimate of drug-likeness (QED) is 0.630. The molecule has 1 fully saturated rings. The summed E-state index contributed by atoms with van der Waals surface area (Å²) in [6, 6.07) is -0.273. The summed E-state index contributed by atoms with van der Waals surface area (Å²) in [7, 11) is 0. The summed E-state index contributed by atoms with van der Waals surface area (Å²) >= 11 is 0. The van der Waals surface area contributed by atoms with E-state index in [1.54, 1.807) is 4.90 Å². The van der Waals surface area contributed by atoms with Crippen molar-refractivity contribution in [2.75, 3.05) is 26.3 Å². The van der Waals surface area contributed by atoms with Crippen LogP contribution in [0.4, 0.5) is 0 Å². The second-order valence-corrected chi connectivity index (χ2v) is 3.69. The number of hydrogen-bond acceptors (Lipinski definition) is 3. The van der Waals surface area contributed by atoms with Gasteiger partial charge < -0.3 is 15.4 Å². The van der Waals surface area contributed by atoms with Crippen molar-refractivity contribution in [3.8, 4) is 0 Å². The first-order valence-electron chi connectivity index (χ1n) is 5.37. The third-order valence-electron chi connectivity index (χ3n) is 2.49. The average Bonchev–Trinajstić information content (AvgIpc) is 2.49. The zero-order chi connectivity index (χ0) is 10.4. The molecule has 0 spiro atoms. The van der Waals surface area contributed by atoms with Gasteiger partial charge in [0.15, 0.2) is 0 Å². The SMILES string of the molecule is CCCCOCCN1CCC(N)C1=O. The Hall–Kier alpha value is -0.610. The largest absolute Gasteiger partial charge is 0.380 e. The van der Waals surface area contributed by atoms with E-state index in [9.17, 15) is 4.79 Å². The van der Waals surface area contributed by atoms with Crippen molar-refractivity contribution in [2.45, 2.75) is 32.2 Å². The minimum atomic E-state index is -0.273. The lowest BCUT2D eigenvalue weighted by Gasteiger charge is -2.15. The van der Waals surface area contributed by atoms with Gasteiger partial charge in [0.1, 0.15) is 0 Å². The Morgan fingerprint density at radius 3 is 2.93 bits per heavy atom. The molecule has 1 amide bonds. The summed E-state index contributed by atoms with van der Waals surface area (Å²) in [6.45, 7) is 5.04. The van der Waals surface area contributed by atoms with Crippen molar-refractivity contribution >= 4 is 5.91 Å². The van der Waals surface area contributed by atoms with E-state index in [1.165, 1.54) is 0 Å². The van der Waals surface area contributed by atoms with Gasteiger partial charge in [-0.1, -0.05) is 13.3 Å². The van der Waals surface area contributed by atoms with Crippen molar-refractivity contribution in [3.63, 3.8) is 0 Å². The molecular weight excluding hydrogens is 180 g/mol. The van der Waals surface area contributed by atoms with Gasteiger partial charge in [0.05, 0.1) is 12.6 Å². The lowest BCUT2D eigenvalue weighted by atomic mass is 10.3. The number of carbonyl (C=O) groups excluding carboxylic acids is 1. The molecule has 1 aliphatic heterocycles. The van der Waals surface area contributed by atoms with E-state index in [0.29, 0.717) is 13.2 Å². The van der Waals surface area contributed by atoms with Gasteiger partial charge in [-0.2, -0.15) is 0 Å². The molecule has 1 heterocycles. The molecule has 1 rings (SSSR count). The first-order chi connectivity index (χ1) is 6.75. The molecule has 1 atom stereocenters. The van der Waals surface area contributed by atoms with Crippen molar-refractivity contribution < 1.29 is 9.53 Å². The minimum Gasteiger partial charge on any atom is -0.380 e. The van der Waals surface area contributed by atoms with E-state index in [0.717, 1.165) is 32.4 Å². The monoisotopic (exact) mass is 200 g/mol. The zero-order valence-electron chi connectivity index (χ0n) is 8.87. The van der Waals surface area contributed by atoms with Crippen LogP contribution in [0.1, 0.15) is 26.2 Å². The molecule has 4 heteroatoms. The topological polar surface area (TPSA) is 55.6 Å². The molecule has 0 aliphatic carbocycles. The highest BCUT2D eigenvalue weighted by atomic mass is 16.5. The summed E-state index contributed by atoms with van der Waals surface area (Å²) in [5.41, 5.74) is 5.59. The van der Waals surface area contributed by atoms with Crippen LogP contribution in [0.15, 0.2) is 0 Å². The van der Waals surface area contributed by atoms with Crippen molar-refractivity contribution in [1.29, 1.82) is 0 Å². The van der Waals surface area contributed by atoms with Crippen LogP contribution in [0, 0.1) is 0 Å². The Kier molecular flexibility index (Phi) is 4.90. The number of amides is 1. The standard InChI is InChI=1S/C10H20N2O2/c1-2-3-7-14-8-6-12-5-4-9(11)10(12)13/h9H,2-8,11H2,1H3. The Labute approximate surface area is 85.4 Å². The maximum absolute atomic E-state index is 11.4. The number of ether oxygens (including phenoxy) is 1. The normalized spacial score (nSPS) is 22.0. The summed E-state index contributed by atoms with van der Waals surface area (Å²) in [5, 5.41) is 0. The van der Waals surface area contributed by atoms with Gasteiger partial charge in [0.2, 0.25) is 5.91 Å². The molecule has 0 bridgehead atoms. The fourth-order valence-corrected chi connectivity index (χ4v) is 1.51. The molecule has 0 saturated carbocycles. The van der Waals surface area contributed by atoms with Crippen LogP contribution in [-0.4, -0.2) is 43.2 Å². The summed E-state index contributed by atoms with van der Waals surface area (Å²) < 4.78 is 5.38. The third kappa shape index (κ3) is 3.27. The fourth-order valence-electron chi connectivity index (χ4n) is 1.51. The molecule has 1 unspecified atom stereocenters. The Morgan fingerprint density at radius 1 is 1.57 bits per heavy atom. The third-order valence-corrected chi connectivity index (χ3v) is 2.49. The average molecular weight is 200 g/mol. The molecule has 0 aromatic heterocycles. The van der Waals surface area contributed by atoms with Crippen LogP contribution in [0.2, 0.25) is 0 Å².